The molecule has 2 aromatic rings. The molecule has 2 unspecified atom stereocenters. The van der Waals surface area contributed by atoms with Gasteiger partial charge < -0.3 is 4.74 Å². The molecule has 0 radical (unpaired) electrons. The standard InChI is InChI=1S/C19H21F3N2O4S/c20-19(21,22)18(25)28-17(23)11-10-15-12-13-6-4-5-9-16(13)24(29(15,26)27)14-7-2-1-3-8-14/h1-9,15,17,26-27H,10-12,23H2. The summed E-state index contributed by atoms with van der Waals surface area (Å²) in [5.74, 6) is -2.36. The van der Waals surface area contributed by atoms with Gasteiger partial charge in [0.25, 0.3) is 0 Å². The molecule has 1 aliphatic heterocycles. The molecule has 6 nitrogen and oxygen atoms in total. The van der Waals surface area contributed by atoms with Gasteiger partial charge in [-0.05, 0) is 43.0 Å². The maximum Gasteiger partial charge on any atom is 0.490 e. The second kappa shape index (κ2) is 8.23. The maximum atomic E-state index is 12.3. The van der Waals surface area contributed by atoms with Crippen LogP contribution in [0.5, 0.6) is 0 Å². The Morgan fingerprint density at radius 1 is 1.17 bits per heavy atom. The smallest absolute Gasteiger partial charge is 0.440 e. The van der Waals surface area contributed by atoms with Crippen molar-refractivity contribution in [3.05, 3.63) is 60.2 Å². The zero-order chi connectivity index (χ0) is 21.2. The molecule has 0 aliphatic carbocycles. The Labute approximate surface area is 167 Å². The van der Waals surface area contributed by atoms with E-state index in [9.17, 15) is 27.1 Å². The first-order valence-electron chi connectivity index (χ1n) is 8.84. The summed E-state index contributed by atoms with van der Waals surface area (Å²) in [7, 11) is -3.37. The van der Waals surface area contributed by atoms with Gasteiger partial charge in [0.2, 0.25) is 0 Å². The fourth-order valence-electron chi connectivity index (χ4n) is 3.26. The average molecular weight is 430 g/mol. The largest absolute Gasteiger partial charge is 0.490 e. The van der Waals surface area contributed by atoms with E-state index in [-0.39, 0.29) is 12.8 Å². The molecule has 3 rings (SSSR count). The van der Waals surface area contributed by atoms with Crippen molar-refractivity contribution in [3.8, 4) is 0 Å². The van der Waals surface area contributed by atoms with Gasteiger partial charge in [-0.1, -0.05) is 36.4 Å². The van der Waals surface area contributed by atoms with Gasteiger partial charge >= 0.3 is 12.1 Å². The molecule has 29 heavy (non-hydrogen) atoms. The number of carbonyl (C=O) groups is 1. The number of rotatable bonds is 5. The fourth-order valence-corrected chi connectivity index (χ4v) is 5.32. The normalized spacial score (nSPS) is 20.5. The zero-order valence-electron chi connectivity index (χ0n) is 15.2. The van der Waals surface area contributed by atoms with Gasteiger partial charge in [-0.25, -0.2) is 9.10 Å². The summed E-state index contributed by atoms with van der Waals surface area (Å²) in [4.78, 5) is 10.9. The Kier molecular flexibility index (Phi) is 6.08. The van der Waals surface area contributed by atoms with Gasteiger partial charge in [0.15, 0.2) is 6.23 Å². The molecule has 0 fully saturated rings. The second-order valence-corrected chi connectivity index (χ2v) is 8.82. The van der Waals surface area contributed by atoms with Crippen LogP contribution in [0.25, 0.3) is 0 Å². The summed E-state index contributed by atoms with van der Waals surface area (Å²) < 4.78 is 64.7. The number of nitrogens with zero attached hydrogens (tertiary/aromatic N) is 1. The van der Waals surface area contributed by atoms with E-state index in [0.29, 0.717) is 17.8 Å². The number of ether oxygens (including phenoxy) is 1. The molecule has 1 aliphatic rings. The molecule has 0 bridgehead atoms. The van der Waals surface area contributed by atoms with E-state index in [1.54, 1.807) is 42.5 Å². The second-order valence-electron chi connectivity index (χ2n) is 6.66. The topological polar surface area (TPSA) is 96.0 Å². The van der Waals surface area contributed by atoms with Crippen molar-refractivity contribution in [1.29, 1.82) is 0 Å². The summed E-state index contributed by atoms with van der Waals surface area (Å²) in [5, 5.41) is -0.701. The lowest BCUT2D eigenvalue weighted by atomic mass is 10.0. The minimum Gasteiger partial charge on any atom is -0.440 e. The van der Waals surface area contributed by atoms with Crippen LogP contribution in [0.2, 0.25) is 0 Å². The fraction of sp³-hybridized carbons (Fsp3) is 0.316. The van der Waals surface area contributed by atoms with Gasteiger partial charge in [-0.3, -0.25) is 14.8 Å². The molecular weight excluding hydrogens is 409 g/mol. The number of fused-ring (bicyclic) bond motifs is 1. The van der Waals surface area contributed by atoms with Crippen LogP contribution in [0, 0.1) is 0 Å². The first-order chi connectivity index (χ1) is 13.6. The van der Waals surface area contributed by atoms with Crippen molar-refractivity contribution in [2.45, 2.75) is 36.9 Å². The molecule has 158 valence electrons. The summed E-state index contributed by atoms with van der Waals surface area (Å²) >= 11 is 0. The lowest BCUT2D eigenvalue weighted by Crippen LogP contribution is -2.39. The quantitative estimate of drug-likeness (QED) is 0.475. The van der Waals surface area contributed by atoms with Crippen LogP contribution < -0.4 is 10.0 Å². The number of anilines is 2. The Morgan fingerprint density at radius 3 is 2.45 bits per heavy atom. The Bertz CT molecular complexity index is 864. The summed E-state index contributed by atoms with van der Waals surface area (Å²) in [6.45, 7) is 0. The SMILES string of the molecule is NC(CCC1Cc2ccccc2N(c2ccccc2)S1(O)O)OC(=O)C(F)(F)F. The first-order valence-corrected chi connectivity index (χ1v) is 10.4. The van der Waals surface area contributed by atoms with Crippen LogP contribution in [-0.4, -0.2) is 32.7 Å². The minimum absolute atomic E-state index is 0.0618. The molecule has 0 amide bonds. The molecular formula is C19H21F3N2O4S. The number of carbonyl (C=O) groups excluding carboxylic acids is 1. The average Bonchev–Trinajstić information content (AvgIpc) is 2.65. The summed E-state index contributed by atoms with van der Waals surface area (Å²) in [6.07, 6.45) is -6.41. The van der Waals surface area contributed by atoms with E-state index in [1.165, 1.54) is 4.31 Å². The van der Waals surface area contributed by atoms with Gasteiger partial charge in [0.05, 0.1) is 16.6 Å². The van der Waals surface area contributed by atoms with Crippen molar-refractivity contribution in [3.63, 3.8) is 0 Å². The molecule has 10 heteroatoms. The third kappa shape index (κ3) is 4.67. The van der Waals surface area contributed by atoms with Crippen molar-refractivity contribution in [2.75, 3.05) is 4.31 Å². The van der Waals surface area contributed by atoms with Crippen LogP contribution in [0.4, 0.5) is 24.5 Å². The van der Waals surface area contributed by atoms with Crippen molar-refractivity contribution >= 4 is 28.1 Å². The van der Waals surface area contributed by atoms with E-state index < -0.39 is 34.4 Å². The van der Waals surface area contributed by atoms with Gasteiger partial charge in [0, 0.05) is 0 Å². The zero-order valence-corrected chi connectivity index (χ0v) is 16.1. The van der Waals surface area contributed by atoms with Crippen LogP contribution in [0.3, 0.4) is 0 Å². The molecule has 0 saturated carbocycles. The summed E-state index contributed by atoms with van der Waals surface area (Å²) in [5.41, 5.74) is 7.61. The monoisotopic (exact) mass is 430 g/mol. The van der Waals surface area contributed by atoms with Crippen molar-refractivity contribution < 1.29 is 31.8 Å². The van der Waals surface area contributed by atoms with Crippen molar-refractivity contribution in [2.24, 2.45) is 5.73 Å². The number of hydrogen-bond acceptors (Lipinski definition) is 6. The van der Waals surface area contributed by atoms with Gasteiger partial charge in [-0.15, -0.1) is 10.8 Å². The molecule has 0 saturated heterocycles. The number of esters is 1. The number of nitrogens with two attached hydrogens (primary N) is 1. The Morgan fingerprint density at radius 2 is 1.79 bits per heavy atom. The Hall–Kier alpha value is -2.27. The molecule has 0 aromatic heterocycles. The molecule has 4 N–H and O–H groups in total. The van der Waals surface area contributed by atoms with E-state index in [2.05, 4.69) is 4.74 Å². The molecule has 2 aromatic carbocycles. The summed E-state index contributed by atoms with van der Waals surface area (Å²) in [6, 6.07) is 16.1. The number of halogens is 3. The predicted molar refractivity (Wildman–Crippen MR) is 105 cm³/mol. The third-order valence-electron chi connectivity index (χ3n) is 4.63. The minimum atomic E-state index is -5.13. The van der Waals surface area contributed by atoms with E-state index in [4.69, 9.17) is 5.73 Å². The number of para-hydroxylation sites is 2. The first kappa shape index (κ1) is 21.4. The van der Waals surface area contributed by atoms with E-state index in [1.807, 2.05) is 12.1 Å². The van der Waals surface area contributed by atoms with Crippen LogP contribution in [0.15, 0.2) is 54.6 Å². The van der Waals surface area contributed by atoms with Crippen LogP contribution >= 0.6 is 10.8 Å². The van der Waals surface area contributed by atoms with E-state index >= 15 is 0 Å². The lowest BCUT2D eigenvalue weighted by molar-refractivity contribution is -0.204. The highest BCUT2D eigenvalue weighted by Crippen LogP contribution is 2.60. The van der Waals surface area contributed by atoms with Gasteiger partial charge in [-0.2, -0.15) is 13.2 Å². The van der Waals surface area contributed by atoms with E-state index in [0.717, 1.165) is 5.56 Å². The number of hydrogen-bond donors (Lipinski definition) is 3. The number of benzene rings is 2. The highest BCUT2D eigenvalue weighted by atomic mass is 32.3. The van der Waals surface area contributed by atoms with Gasteiger partial charge in [0.1, 0.15) is 0 Å². The number of alkyl halides is 3. The lowest BCUT2D eigenvalue weighted by Gasteiger charge is -2.53. The highest BCUT2D eigenvalue weighted by Gasteiger charge is 2.43. The van der Waals surface area contributed by atoms with Crippen molar-refractivity contribution in [1.82, 2.24) is 0 Å². The molecule has 1 heterocycles. The molecule has 2 atom stereocenters. The maximum absolute atomic E-state index is 12.3. The van der Waals surface area contributed by atoms with Crippen LogP contribution in [-0.2, 0) is 16.0 Å². The predicted octanol–water partition coefficient (Wildman–Crippen LogP) is 4.59. The highest BCUT2D eigenvalue weighted by molar-refractivity contribution is 8.26. The third-order valence-corrected chi connectivity index (χ3v) is 6.87. The van der Waals surface area contributed by atoms with Crippen LogP contribution in [0.1, 0.15) is 18.4 Å². The Balaban J connectivity index is 1.81. The molecule has 0 spiro atoms.